The van der Waals surface area contributed by atoms with Crippen LogP contribution in [0.25, 0.3) is 11.3 Å². The van der Waals surface area contributed by atoms with Crippen molar-refractivity contribution in [3.63, 3.8) is 0 Å². The van der Waals surface area contributed by atoms with Crippen molar-refractivity contribution in [3.8, 4) is 11.3 Å². The summed E-state index contributed by atoms with van der Waals surface area (Å²) >= 11 is 1.33. The third kappa shape index (κ3) is 8.29. The predicted molar refractivity (Wildman–Crippen MR) is 128 cm³/mol. The number of nitrogens with zero attached hydrogens (tertiary/aromatic N) is 2. The Hall–Kier alpha value is -2.50. The number of alkyl halides is 3. The maximum Gasteiger partial charge on any atom is 0.416 e. The van der Waals surface area contributed by atoms with Gasteiger partial charge in [0.05, 0.1) is 30.3 Å². The fourth-order valence-electron chi connectivity index (χ4n) is 3.75. The molecular formula is C24H31F3N4O3S. The Morgan fingerprint density at radius 1 is 1.26 bits per heavy atom. The van der Waals surface area contributed by atoms with Crippen LogP contribution in [0.5, 0.6) is 0 Å². The number of likely N-dealkylation sites (tertiary alicyclic amines) is 1. The zero-order chi connectivity index (χ0) is 25.4. The van der Waals surface area contributed by atoms with Crippen LogP contribution < -0.4 is 10.6 Å². The van der Waals surface area contributed by atoms with E-state index in [2.05, 4.69) is 15.6 Å². The predicted octanol–water partition coefficient (Wildman–Crippen LogP) is 3.70. The number of amides is 2. The van der Waals surface area contributed by atoms with Crippen molar-refractivity contribution >= 4 is 23.2 Å². The van der Waals surface area contributed by atoms with Crippen molar-refractivity contribution in [2.45, 2.75) is 45.5 Å². The van der Waals surface area contributed by atoms with Crippen LogP contribution in [0.4, 0.5) is 13.2 Å². The average Bonchev–Trinajstić information content (AvgIpc) is 3.31. The van der Waals surface area contributed by atoms with Crippen LogP contribution >= 0.6 is 11.3 Å². The average molecular weight is 513 g/mol. The number of ether oxygens (including phenoxy) is 1. The zero-order valence-corrected chi connectivity index (χ0v) is 20.7. The zero-order valence-electron chi connectivity index (χ0n) is 19.9. The standard InChI is InChI=1S/C24H31F3N4O3S/c1-16(2)28-9-11-34-14-22(32)31-10-3-4-18(13-31)23(33)29-12-21-30-20(15-35-21)17-5-7-19(8-6-17)24(25,26)27/h5-8,15-16,18,28H,3-4,9-14H2,1-2H3,(H,29,33)/t18-/m0/s1. The van der Waals surface area contributed by atoms with Gasteiger partial charge in [-0.2, -0.15) is 13.2 Å². The number of halogens is 3. The number of nitrogens with one attached hydrogen (secondary N) is 2. The highest BCUT2D eigenvalue weighted by atomic mass is 32.1. The van der Waals surface area contributed by atoms with Gasteiger partial charge >= 0.3 is 6.18 Å². The molecule has 0 radical (unpaired) electrons. The van der Waals surface area contributed by atoms with Crippen LogP contribution in [0.3, 0.4) is 0 Å². The molecule has 1 aromatic heterocycles. The van der Waals surface area contributed by atoms with Gasteiger partial charge in [0.25, 0.3) is 0 Å². The molecule has 2 heterocycles. The summed E-state index contributed by atoms with van der Waals surface area (Å²) in [5, 5.41) is 8.50. The topological polar surface area (TPSA) is 83.6 Å². The molecule has 1 fully saturated rings. The Morgan fingerprint density at radius 2 is 2.00 bits per heavy atom. The van der Waals surface area contributed by atoms with E-state index in [-0.39, 0.29) is 30.9 Å². The van der Waals surface area contributed by atoms with Crippen LogP contribution in [0.15, 0.2) is 29.6 Å². The van der Waals surface area contributed by atoms with Crippen LogP contribution in [0.1, 0.15) is 37.3 Å². The first kappa shape index (κ1) is 27.1. The SMILES string of the molecule is CC(C)NCCOCC(=O)N1CCC[C@H](C(=O)NCc2nc(-c3ccc(C(F)(F)F)cc3)cs2)C1. The number of carbonyl (C=O) groups is 2. The monoisotopic (exact) mass is 512 g/mol. The third-order valence-electron chi connectivity index (χ3n) is 5.64. The van der Waals surface area contributed by atoms with E-state index in [9.17, 15) is 22.8 Å². The molecule has 2 N–H and O–H groups in total. The second-order valence-corrected chi connectivity index (χ2v) is 9.70. The molecule has 1 aliphatic heterocycles. The molecule has 1 atom stereocenters. The maximum atomic E-state index is 12.7. The molecule has 1 aromatic carbocycles. The van der Waals surface area contributed by atoms with Crippen LogP contribution in [-0.2, 0) is 27.0 Å². The first-order valence-corrected chi connectivity index (χ1v) is 12.5. The fourth-order valence-corrected chi connectivity index (χ4v) is 4.49. The van der Waals surface area contributed by atoms with Crippen LogP contribution in [0.2, 0.25) is 0 Å². The molecule has 2 aromatic rings. The summed E-state index contributed by atoms with van der Waals surface area (Å²) in [6.07, 6.45) is -2.94. The molecule has 2 amide bonds. The molecule has 0 saturated carbocycles. The highest BCUT2D eigenvalue weighted by Crippen LogP contribution is 2.31. The highest BCUT2D eigenvalue weighted by Gasteiger charge is 2.30. The Bertz CT molecular complexity index is 979. The van der Waals surface area contributed by atoms with Crippen LogP contribution in [-0.4, -0.2) is 60.6 Å². The van der Waals surface area contributed by atoms with Crippen molar-refractivity contribution < 1.29 is 27.5 Å². The van der Waals surface area contributed by atoms with Crippen molar-refractivity contribution in [3.05, 3.63) is 40.2 Å². The Morgan fingerprint density at radius 3 is 2.69 bits per heavy atom. The molecule has 192 valence electrons. The van der Waals surface area contributed by atoms with E-state index in [1.165, 1.54) is 23.5 Å². The number of hydrogen-bond donors (Lipinski definition) is 2. The van der Waals surface area contributed by atoms with Gasteiger partial charge in [0.2, 0.25) is 11.8 Å². The minimum atomic E-state index is -4.38. The van der Waals surface area contributed by atoms with Gasteiger partial charge in [0.15, 0.2) is 0 Å². The molecule has 0 aliphatic carbocycles. The maximum absolute atomic E-state index is 12.7. The van der Waals surface area contributed by atoms with Gasteiger partial charge < -0.3 is 20.3 Å². The van der Waals surface area contributed by atoms with Gasteiger partial charge in [0.1, 0.15) is 11.6 Å². The fraction of sp³-hybridized carbons (Fsp3) is 0.542. The van der Waals surface area contributed by atoms with Gasteiger partial charge in [-0.05, 0) is 25.0 Å². The lowest BCUT2D eigenvalue weighted by Gasteiger charge is -2.32. The van der Waals surface area contributed by atoms with E-state index in [4.69, 9.17) is 4.74 Å². The first-order chi connectivity index (χ1) is 16.6. The minimum absolute atomic E-state index is 0.0000433. The summed E-state index contributed by atoms with van der Waals surface area (Å²) in [6, 6.07) is 5.19. The Kier molecular flexibility index (Phi) is 9.64. The quantitative estimate of drug-likeness (QED) is 0.475. The number of rotatable bonds is 10. The summed E-state index contributed by atoms with van der Waals surface area (Å²) in [4.78, 5) is 31.2. The van der Waals surface area contributed by atoms with Crippen LogP contribution in [0, 0.1) is 5.92 Å². The molecular weight excluding hydrogens is 481 g/mol. The van der Waals surface area contributed by atoms with Gasteiger partial charge in [-0.15, -0.1) is 11.3 Å². The number of carbonyl (C=O) groups excluding carboxylic acids is 2. The van der Waals surface area contributed by atoms with E-state index in [1.54, 1.807) is 10.3 Å². The lowest BCUT2D eigenvalue weighted by molar-refractivity contribution is -0.140. The van der Waals surface area contributed by atoms with Crippen molar-refractivity contribution in [1.82, 2.24) is 20.5 Å². The molecule has 35 heavy (non-hydrogen) atoms. The minimum Gasteiger partial charge on any atom is -0.370 e. The number of benzene rings is 1. The molecule has 0 unspecified atom stereocenters. The third-order valence-corrected chi connectivity index (χ3v) is 6.49. The van der Waals surface area contributed by atoms with Gasteiger partial charge in [-0.25, -0.2) is 4.98 Å². The molecule has 11 heteroatoms. The Balaban J connectivity index is 1.45. The van der Waals surface area contributed by atoms with E-state index < -0.39 is 11.7 Å². The molecule has 3 rings (SSSR count). The van der Waals surface area contributed by atoms with Crippen molar-refractivity contribution in [2.24, 2.45) is 5.92 Å². The highest BCUT2D eigenvalue weighted by molar-refractivity contribution is 7.09. The summed E-state index contributed by atoms with van der Waals surface area (Å²) in [5.74, 6) is -0.561. The number of piperidine rings is 1. The van der Waals surface area contributed by atoms with E-state index in [1.807, 2.05) is 13.8 Å². The number of thiazole rings is 1. The molecule has 7 nitrogen and oxygen atoms in total. The van der Waals surface area contributed by atoms with Crippen molar-refractivity contribution in [2.75, 3.05) is 32.8 Å². The van der Waals surface area contributed by atoms with E-state index in [0.717, 1.165) is 18.6 Å². The summed E-state index contributed by atoms with van der Waals surface area (Å²) in [6.45, 7) is 6.39. The Labute approximate surface area is 207 Å². The molecule has 0 spiro atoms. The normalized spacial score (nSPS) is 16.5. The lowest BCUT2D eigenvalue weighted by atomic mass is 9.97. The molecule has 1 saturated heterocycles. The van der Waals surface area contributed by atoms with Gasteiger partial charge in [-0.1, -0.05) is 26.0 Å². The summed E-state index contributed by atoms with van der Waals surface area (Å²) in [5.41, 5.74) is 0.431. The second-order valence-electron chi connectivity index (χ2n) is 8.76. The van der Waals surface area contributed by atoms with Gasteiger partial charge in [-0.3, -0.25) is 9.59 Å². The first-order valence-electron chi connectivity index (χ1n) is 11.6. The van der Waals surface area contributed by atoms with E-state index in [0.29, 0.717) is 55.0 Å². The van der Waals surface area contributed by atoms with Gasteiger partial charge in [0, 0.05) is 36.6 Å². The number of aromatic nitrogens is 1. The second kappa shape index (κ2) is 12.5. The smallest absolute Gasteiger partial charge is 0.370 e. The van der Waals surface area contributed by atoms with E-state index >= 15 is 0 Å². The van der Waals surface area contributed by atoms with Crippen molar-refractivity contribution in [1.29, 1.82) is 0 Å². The number of hydrogen-bond acceptors (Lipinski definition) is 6. The molecule has 1 aliphatic rings. The largest absolute Gasteiger partial charge is 0.416 e. The lowest BCUT2D eigenvalue weighted by Crippen LogP contribution is -2.46. The summed E-state index contributed by atoms with van der Waals surface area (Å²) < 4.78 is 43.7. The summed E-state index contributed by atoms with van der Waals surface area (Å²) in [7, 11) is 0. The molecule has 0 bridgehead atoms.